The average molecular weight is 296 g/mol. The molecule has 0 aliphatic rings. The second-order valence-electron chi connectivity index (χ2n) is 4.41. The van der Waals surface area contributed by atoms with Gasteiger partial charge in [0.2, 0.25) is 5.91 Å². The summed E-state index contributed by atoms with van der Waals surface area (Å²) in [4.78, 5) is 11.5. The van der Waals surface area contributed by atoms with Gasteiger partial charge in [0.1, 0.15) is 10.8 Å². The van der Waals surface area contributed by atoms with Crippen molar-refractivity contribution in [3.63, 3.8) is 0 Å². The van der Waals surface area contributed by atoms with Gasteiger partial charge >= 0.3 is 0 Å². The van der Waals surface area contributed by atoms with E-state index in [9.17, 15) is 9.18 Å². The number of nitrogens with one attached hydrogen (secondary N) is 1. The van der Waals surface area contributed by atoms with Crippen LogP contribution in [0.4, 0.5) is 10.2 Å². The van der Waals surface area contributed by atoms with Crippen molar-refractivity contribution < 1.29 is 9.18 Å². The van der Waals surface area contributed by atoms with Crippen LogP contribution in [-0.4, -0.2) is 15.7 Å². The number of amides is 1. The zero-order valence-electron chi connectivity index (χ0n) is 11.1. The van der Waals surface area contributed by atoms with Crippen LogP contribution in [0.2, 0.25) is 5.02 Å². The molecule has 2 aromatic rings. The number of anilines is 1. The van der Waals surface area contributed by atoms with E-state index in [1.807, 2.05) is 6.92 Å². The maximum absolute atomic E-state index is 13.5. The van der Waals surface area contributed by atoms with Crippen molar-refractivity contribution in [2.24, 2.45) is 0 Å². The van der Waals surface area contributed by atoms with Gasteiger partial charge in [-0.05, 0) is 12.5 Å². The smallest absolute Gasteiger partial charge is 0.225 e. The van der Waals surface area contributed by atoms with Gasteiger partial charge in [0.05, 0.1) is 6.54 Å². The fourth-order valence-electron chi connectivity index (χ4n) is 1.79. The van der Waals surface area contributed by atoms with Gasteiger partial charge < -0.3 is 5.32 Å². The van der Waals surface area contributed by atoms with E-state index >= 15 is 0 Å². The minimum absolute atomic E-state index is 0.134. The molecular weight excluding hydrogens is 281 g/mol. The molecule has 1 aromatic heterocycles. The van der Waals surface area contributed by atoms with E-state index in [4.69, 9.17) is 11.6 Å². The number of carbonyl (C=O) groups excluding carboxylic acids is 1. The number of nitrogens with zero attached hydrogens (tertiary/aromatic N) is 2. The monoisotopic (exact) mass is 295 g/mol. The van der Waals surface area contributed by atoms with Crippen molar-refractivity contribution in [3.8, 4) is 0 Å². The minimum atomic E-state index is -0.296. The number of aromatic nitrogens is 2. The molecule has 0 spiro atoms. The predicted octanol–water partition coefficient (Wildman–Crippen LogP) is 3.46. The minimum Gasteiger partial charge on any atom is -0.308 e. The lowest BCUT2D eigenvalue weighted by molar-refractivity contribution is -0.116. The normalized spacial score (nSPS) is 10.6. The molecule has 4 nitrogen and oxygen atoms in total. The van der Waals surface area contributed by atoms with E-state index < -0.39 is 0 Å². The topological polar surface area (TPSA) is 46.9 Å². The molecular formula is C14H15ClFN3O. The average Bonchev–Trinajstić information content (AvgIpc) is 2.73. The zero-order chi connectivity index (χ0) is 14.5. The van der Waals surface area contributed by atoms with E-state index in [-0.39, 0.29) is 18.3 Å². The van der Waals surface area contributed by atoms with Crippen molar-refractivity contribution in [2.45, 2.75) is 26.3 Å². The van der Waals surface area contributed by atoms with Crippen LogP contribution in [-0.2, 0) is 11.3 Å². The van der Waals surface area contributed by atoms with E-state index in [0.29, 0.717) is 22.8 Å². The first kappa shape index (κ1) is 14.5. The number of halogens is 2. The molecule has 20 heavy (non-hydrogen) atoms. The Kier molecular flexibility index (Phi) is 4.74. The van der Waals surface area contributed by atoms with E-state index in [1.54, 1.807) is 24.4 Å². The van der Waals surface area contributed by atoms with Gasteiger partial charge in [-0.2, -0.15) is 5.10 Å². The van der Waals surface area contributed by atoms with Crippen LogP contribution in [0, 0.1) is 5.82 Å². The van der Waals surface area contributed by atoms with Crippen molar-refractivity contribution in [3.05, 3.63) is 46.9 Å². The standard InChI is InChI=1S/C14H15ClFN3O/c1-2-5-13(20)17-14-11(15)9-19(18-14)8-10-6-3-4-7-12(10)16/h3-4,6-7,9H,2,5,8H2,1H3,(H,17,18,20). The van der Waals surface area contributed by atoms with E-state index in [0.717, 1.165) is 6.42 Å². The van der Waals surface area contributed by atoms with Crippen LogP contribution in [0.15, 0.2) is 30.5 Å². The van der Waals surface area contributed by atoms with Crippen molar-refractivity contribution in [2.75, 3.05) is 5.32 Å². The Morgan fingerprint density at radius 2 is 2.20 bits per heavy atom. The molecule has 6 heteroatoms. The van der Waals surface area contributed by atoms with Crippen LogP contribution in [0.25, 0.3) is 0 Å². The van der Waals surface area contributed by atoms with Crippen molar-refractivity contribution in [1.29, 1.82) is 0 Å². The van der Waals surface area contributed by atoms with Gasteiger partial charge in [0, 0.05) is 18.2 Å². The van der Waals surface area contributed by atoms with Gasteiger partial charge in [-0.3, -0.25) is 9.48 Å². The number of hydrogen-bond donors (Lipinski definition) is 1. The van der Waals surface area contributed by atoms with Crippen LogP contribution in [0.5, 0.6) is 0 Å². The first-order valence-corrected chi connectivity index (χ1v) is 6.74. The lowest BCUT2D eigenvalue weighted by Crippen LogP contribution is -2.12. The number of hydrogen-bond acceptors (Lipinski definition) is 2. The predicted molar refractivity (Wildman–Crippen MR) is 76.3 cm³/mol. The van der Waals surface area contributed by atoms with Crippen molar-refractivity contribution in [1.82, 2.24) is 9.78 Å². The maximum Gasteiger partial charge on any atom is 0.225 e. The zero-order valence-corrected chi connectivity index (χ0v) is 11.8. The Morgan fingerprint density at radius 1 is 1.45 bits per heavy atom. The lowest BCUT2D eigenvalue weighted by atomic mass is 10.2. The van der Waals surface area contributed by atoms with Crippen LogP contribution >= 0.6 is 11.6 Å². The number of rotatable bonds is 5. The molecule has 0 unspecified atom stereocenters. The Morgan fingerprint density at radius 3 is 2.90 bits per heavy atom. The molecule has 0 fully saturated rings. The Labute approximate surface area is 121 Å². The lowest BCUT2D eigenvalue weighted by Gasteiger charge is -2.03. The summed E-state index contributed by atoms with van der Waals surface area (Å²) in [5.74, 6) is -0.123. The van der Waals surface area contributed by atoms with Gasteiger partial charge in [-0.15, -0.1) is 0 Å². The summed E-state index contributed by atoms with van der Waals surface area (Å²) in [5, 5.41) is 7.13. The highest BCUT2D eigenvalue weighted by molar-refractivity contribution is 6.33. The molecule has 1 amide bonds. The number of carbonyl (C=O) groups is 1. The third-order valence-electron chi connectivity index (χ3n) is 2.74. The summed E-state index contributed by atoms with van der Waals surface area (Å²) in [6.07, 6.45) is 2.73. The molecule has 0 aliphatic heterocycles. The molecule has 1 N–H and O–H groups in total. The fourth-order valence-corrected chi connectivity index (χ4v) is 1.98. The highest BCUT2D eigenvalue weighted by atomic mass is 35.5. The molecule has 0 aliphatic carbocycles. The summed E-state index contributed by atoms with van der Waals surface area (Å²) in [6.45, 7) is 2.17. The Balaban J connectivity index is 2.11. The van der Waals surface area contributed by atoms with Gasteiger partial charge in [0.25, 0.3) is 0 Å². The van der Waals surface area contributed by atoms with Crippen LogP contribution in [0.3, 0.4) is 0 Å². The Hall–Kier alpha value is -1.88. The summed E-state index contributed by atoms with van der Waals surface area (Å²) in [7, 11) is 0. The Bertz CT molecular complexity index is 612. The third kappa shape index (κ3) is 3.57. The second kappa shape index (κ2) is 6.52. The maximum atomic E-state index is 13.5. The molecule has 1 heterocycles. The summed E-state index contributed by atoms with van der Waals surface area (Å²) < 4.78 is 15.1. The summed E-state index contributed by atoms with van der Waals surface area (Å²) >= 11 is 6.00. The van der Waals surface area contributed by atoms with E-state index in [1.165, 1.54) is 10.7 Å². The third-order valence-corrected chi connectivity index (χ3v) is 3.02. The highest BCUT2D eigenvalue weighted by Gasteiger charge is 2.11. The molecule has 0 saturated carbocycles. The SMILES string of the molecule is CCCC(=O)Nc1nn(Cc2ccccc2F)cc1Cl. The highest BCUT2D eigenvalue weighted by Crippen LogP contribution is 2.20. The molecule has 0 atom stereocenters. The molecule has 1 aromatic carbocycles. The summed E-state index contributed by atoms with van der Waals surface area (Å²) in [6, 6.07) is 6.46. The molecule has 106 valence electrons. The molecule has 0 radical (unpaired) electrons. The molecule has 0 saturated heterocycles. The largest absolute Gasteiger partial charge is 0.308 e. The quantitative estimate of drug-likeness (QED) is 0.918. The molecule has 0 bridgehead atoms. The fraction of sp³-hybridized carbons (Fsp3) is 0.286. The first-order chi connectivity index (χ1) is 9.60. The summed E-state index contributed by atoms with van der Waals surface area (Å²) in [5.41, 5.74) is 0.512. The van der Waals surface area contributed by atoms with Crippen molar-refractivity contribution >= 4 is 23.3 Å². The van der Waals surface area contributed by atoms with Crippen LogP contribution < -0.4 is 5.32 Å². The second-order valence-corrected chi connectivity index (χ2v) is 4.82. The van der Waals surface area contributed by atoms with Gasteiger partial charge in [0.15, 0.2) is 5.82 Å². The van der Waals surface area contributed by atoms with Crippen LogP contribution in [0.1, 0.15) is 25.3 Å². The molecule has 2 rings (SSSR count). The van der Waals surface area contributed by atoms with Gasteiger partial charge in [-0.1, -0.05) is 36.7 Å². The number of benzene rings is 1. The van der Waals surface area contributed by atoms with E-state index in [2.05, 4.69) is 10.4 Å². The van der Waals surface area contributed by atoms with Gasteiger partial charge in [-0.25, -0.2) is 4.39 Å². The first-order valence-electron chi connectivity index (χ1n) is 6.36.